The average Bonchev–Trinajstić information content (AvgIpc) is 2.98. The fourth-order valence-electron chi connectivity index (χ4n) is 1.97. The standard InChI is InChI=1S/C13H15N3O3/c1-17-10-4-2-3-9(7-10)12-15-13(19-16-12)11-8-14-5-6-18-11/h2-4,7,11,14H,5-6,8H2,1H3. The highest BCUT2D eigenvalue weighted by atomic mass is 16.5. The summed E-state index contributed by atoms with van der Waals surface area (Å²) in [6.45, 7) is 2.20. The van der Waals surface area contributed by atoms with E-state index in [-0.39, 0.29) is 6.10 Å². The van der Waals surface area contributed by atoms with E-state index in [4.69, 9.17) is 14.0 Å². The number of nitrogens with zero attached hydrogens (tertiary/aromatic N) is 2. The minimum absolute atomic E-state index is 0.166. The average molecular weight is 261 g/mol. The summed E-state index contributed by atoms with van der Waals surface area (Å²) < 4.78 is 16.0. The van der Waals surface area contributed by atoms with Gasteiger partial charge >= 0.3 is 0 Å². The summed E-state index contributed by atoms with van der Waals surface area (Å²) in [6, 6.07) is 7.55. The zero-order valence-electron chi connectivity index (χ0n) is 10.6. The van der Waals surface area contributed by atoms with Gasteiger partial charge in [0.2, 0.25) is 5.82 Å². The molecule has 1 saturated heterocycles. The second-order valence-corrected chi connectivity index (χ2v) is 4.25. The van der Waals surface area contributed by atoms with Crippen molar-refractivity contribution in [3.05, 3.63) is 30.2 Å². The van der Waals surface area contributed by atoms with Gasteiger partial charge in [0.15, 0.2) is 0 Å². The molecule has 6 nitrogen and oxygen atoms in total. The van der Waals surface area contributed by atoms with E-state index in [0.717, 1.165) is 17.9 Å². The molecule has 3 rings (SSSR count). The van der Waals surface area contributed by atoms with Gasteiger partial charge in [0.25, 0.3) is 5.89 Å². The van der Waals surface area contributed by atoms with Gasteiger partial charge in [0.05, 0.1) is 13.7 Å². The second-order valence-electron chi connectivity index (χ2n) is 4.25. The Morgan fingerprint density at radius 3 is 3.16 bits per heavy atom. The van der Waals surface area contributed by atoms with Crippen molar-refractivity contribution in [1.29, 1.82) is 0 Å². The van der Waals surface area contributed by atoms with E-state index in [0.29, 0.717) is 24.9 Å². The minimum atomic E-state index is -0.166. The fraction of sp³-hybridized carbons (Fsp3) is 0.385. The molecule has 0 aliphatic carbocycles. The van der Waals surface area contributed by atoms with E-state index in [9.17, 15) is 0 Å². The lowest BCUT2D eigenvalue weighted by Crippen LogP contribution is -2.33. The van der Waals surface area contributed by atoms with Crippen molar-refractivity contribution in [1.82, 2.24) is 15.5 Å². The van der Waals surface area contributed by atoms with Gasteiger partial charge in [-0.3, -0.25) is 0 Å². The number of hydrogen-bond donors (Lipinski definition) is 1. The Morgan fingerprint density at radius 2 is 2.37 bits per heavy atom. The van der Waals surface area contributed by atoms with Crippen LogP contribution in [0.4, 0.5) is 0 Å². The van der Waals surface area contributed by atoms with Crippen LogP contribution in [0, 0.1) is 0 Å². The Labute approximate surface area is 110 Å². The molecule has 100 valence electrons. The number of methoxy groups -OCH3 is 1. The maximum Gasteiger partial charge on any atom is 0.257 e. The summed E-state index contributed by atoms with van der Waals surface area (Å²) in [5.74, 6) is 1.81. The quantitative estimate of drug-likeness (QED) is 0.900. The van der Waals surface area contributed by atoms with E-state index in [1.165, 1.54) is 0 Å². The lowest BCUT2D eigenvalue weighted by molar-refractivity contribution is 0.00755. The molecule has 1 aliphatic heterocycles. The summed E-state index contributed by atoms with van der Waals surface area (Å²) in [5.41, 5.74) is 0.859. The normalized spacial score (nSPS) is 19.3. The molecule has 19 heavy (non-hydrogen) atoms. The van der Waals surface area contributed by atoms with Crippen molar-refractivity contribution >= 4 is 0 Å². The third-order valence-corrected chi connectivity index (χ3v) is 2.97. The maximum absolute atomic E-state index is 5.57. The molecular weight excluding hydrogens is 246 g/mol. The first-order valence-corrected chi connectivity index (χ1v) is 6.17. The number of aromatic nitrogens is 2. The van der Waals surface area contributed by atoms with E-state index in [1.807, 2.05) is 24.3 Å². The van der Waals surface area contributed by atoms with Gasteiger partial charge in [-0.25, -0.2) is 0 Å². The molecule has 0 amide bonds. The molecule has 6 heteroatoms. The number of nitrogens with one attached hydrogen (secondary N) is 1. The Morgan fingerprint density at radius 1 is 1.42 bits per heavy atom. The molecule has 0 radical (unpaired) electrons. The predicted octanol–water partition coefficient (Wildman–Crippen LogP) is 1.41. The van der Waals surface area contributed by atoms with Gasteiger partial charge < -0.3 is 19.3 Å². The smallest absolute Gasteiger partial charge is 0.257 e. The van der Waals surface area contributed by atoms with Gasteiger partial charge in [-0.1, -0.05) is 17.3 Å². The first kappa shape index (κ1) is 12.1. The SMILES string of the molecule is COc1cccc(-c2noc(C3CNCCO3)n2)c1. The van der Waals surface area contributed by atoms with Crippen LogP contribution in [0.25, 0.3) is 11.4 Å². The molecule has 1 fully saturated rings. The molecular formula is C13H15N3O3. The maximum atomic E-state index is 5.57. The van der Waals surface area contributed by atoms with Crippen LogP contribution in [0.5, 0.6) is 5.75 Å². The van der Waals surface area contributed by atoms with Gasteiger partial charge in [-0.15, -0.1) is 0 Å². The Bertz CT molecular complexity index is 550. The van der Waals surface area contributed by atoms with Crippen LogP contribution in [0.15, 0.2) is 28.8 Å². The highest BCUT2D eigenvalue weighted by Crippen LogP contribution is 2.24. The summed E-state index contributed by atoms with van der Waals surface area (Å²) >= 11 is 0. The van der Waals surface area contributed by atoms with E-state index < -0.39 is 0 Å². The van der Waals surface area contributed by atoms with Crippen molar-refractivity contribution in [3.8, 4) is 17.1 Å². The second kappa shape index (κ2) is 5.38. The minimum Gasteiger partial charge on any atom is -0.497 e. The summed E-state index contributed by atoms with van der Waals surface area (Å²) in [5, 5.41) is 7.22. The van der Waals surface area contributed by atoms with Crippen LogP contribution >= 0.6 is 0 Å². The van der Waals surface area contributed by atoms with Gasteiger partial charge in [-0.2, -0.15) is 4.98 Å². The van der Waals surface area contributed by atoms with Crippen molar-refractivity contribution in [2.45, 2.75) is 6.10 Å². The number of ether oxygens (including phenoxy) is 2. The highest BCUT2D eigenvalue weighted by Gasteiger charge is 2.22. The van der Waals surface area contributed by atoms with Crippen molar-refractivity contribution in [2.75, 3.05) is 26.8 Å². The number of rotatable bonds is 3. The molecule has 1 aliphatic rings. The fourth-order valence-corrected chi connectivity index (χ4v) is 1.97. The molecule has 1 unspecified atom stereocenters. The number of hydrogen-bond acceptors (Lipinski definition) is 6. The topological polar surface area (TPSA) is 69.4 Å². The van der Waals surface area contributed by atoms with Crippen molar-refractivity contribution < 1.29 is 14.0 Å². The molecule has 0 bridgehead atoms. The van der Waals surface area contributed by atoms with E-state index in [2.05, 4.69) is 15.5 Å². The van der Waals surface area contributed by atoms with Crippen LogP contribution in [-0.4, -0.2) is 36.9 Å². The van der Waals surface area contributed by atoms with Crippen LogP contribution in [0.2, 0.25) is 0 Å². The van der Waals surface area contributed by atoms with Gasteiger partial charge in [0, 0.05) is 18.7 Å². The first-order valence-electron chi connectivity index (χ1n) is 6.17. The number of benzene rings is 1. The molecule has 0 saturated carbocycles. The molecule has 2 heterocycles. The molecule has 0 spiro atoms. The molecule has 2 aromatic rings. The van der Waals surface area contributed by atoms with E-state index >= 15 is 0 Å². The van der Waals surface area contributed by atoms with Crippen LogP contribution in [0.3, 0.4) is 0 Å². The zero-order valence-corrected chi connectivity index (χ0v) is 10.6. The highest BCUT2D eigenvalue weighted by molar-refractivity contribution is 5.56. The van der Waals surface area contributed by atoms with Gasteiger partial charge in [-0.05, 0) is 12.1 Å². The van der Waals surface area contributed by atoms with Crippen molar-refractivity contribution in [3.63, 3.8) is 0 Å². The van der Waals surface area contributed by atoms with Crippen molar-refractivity contribution in [2.24, 2.45) is 0 Å². The van der Waals surface area contributed by atoms with E-state index in [1.54, 1.807) is 7.11 Å². The number of morpholine rings is 1. The Balaban J connectivity index is 1.83. The summed E-state index contributed by atoms with van der Waals surface area (Å²) in [6.07, 6.45) is -0.166. The molecule has 1 atom stereocenters. The third-order valence-electron chi connectivity index (χ3n) is 2.97. The largest absolute Gasteiger partial charge is 0.497 e. The third kappa shape index (κ3) is 2.59. The summed E-state index contributed by atoms with van der Waals surface area (Å²) in [4.78, 5) is 4.38. The van der Waals surface area contributed by atoms with Crippen LogP contribution < -0.4 is 10.1 Å². The van der Waals surface area contributed by atoms with Crippen LogP contribution in [0.1, 0.15) is 12.0 Å². The van der Waals surface area contributed by atoms with Gasteiger partial charge in [0.1, 0.15) is 11.9 Å². The zero-order chi connectivity index (χ0) is 13.1. The Kier molecular flexibility index (Phi) is 3.43. The molecule has 1 N–H and O–H groups in total. The molecule has 1 aromatic carbocycles. The monoisotopic (exact) mass is 261 g/mol. The lowest BCUT2D eigenvalue weighted by atomic mass is 10.2. The molecule has 1 aromatic heterocycles. The predicted molar refractivity (Wildman–Crippen MR) is 67.8 cm³/mol. The van der Waals surface area contributed by atoms with Crippen LogP contribution in [-0.2, 0) is 4.74 Å². The first-order chi connectivity index (χ1) is 9.36. The summed E-state index contributed by atoms with van der Waals surface area (Å²) in [7, 11) is 1.63. The Hall–Kier alpha value is -1.92. The lowest BCUT2D eigenvalue weighted by Gasteiger charge is -2.19.